The van der Waals surface area contributed by atoms with E-state index in [1.165, 1.54) is 6.07 Å². The minimum Gasteiger partial charge on any atom is -0.490 e. The summed E-state index contributed by atoms with van der Waals surface area (Å²) in [6, 6.07) is 8.65. The molecule has 1 aliphatic rings. The van der Waals surface area contributed by atoms with E-state index in [9.17, 15) is 17.6 Å². The van der Waals surface area contributed by atoms with Crippen molar-refractivity contribution in [3.05, 3.63) is 65.7 Å². The predicted molar refractivity (Wildman–Crippen MR) is 102 cm³/mol. The fourth-order valence-corrected chi connectivity index (χ4v) is 3.50. The molecule has 4 rings (SSSR count). The molecule has 0 bridgehead atoms. The standard InChI is InChI=1S/C21H19F4N3O/c22-19-3-2-14(9-18(19)21(23,24)25)29-15-7-13(8-15)28-10-12-1-4-20(26)17-11-27-6-5-16(12)17/h1-6,9,11,13,15,28H,7-8,10,26H2/t13-,15-. The number of rotatable bonds is 5. The SMILES string of the molecule is Nc1ccc(CN[C@H]2C[C@H](Oc3ccc(F)c(C(F)(F)F)c3)C2)c2ccncc12. The quantitative estimate of drug-likeness (QED) is 0.478. The van der Waals surface area contributed by atoms with Crippen molar-refractivity contribution in [2.75, 3.05) is 5.73 Å². The lowest BCUT2D eigenvalue weighted by atomic mass is 9.89. The molecular weight excluding hydrogens is 386 g/mol. The summed E-state index contributed by atoms with van der Waals surface area (Å²) < 4.78 is 57.4. The van der Waals surface area contributed by atoms with Gasteiger partial charge in [-0.15, -0.1) is 0 Å². The van der Waals surface area contributed by atoms with Gasteiger partial charge < -0.3 is 15.8 Å². The second-order valence-corrected chi connectivity index (χ2v) is 7.16. The number of nitrogens with one attached hydrogen (secondary N) is 1. The zero-order chi connectivity index (χ0) is 20.6. The molecule has 3 aromatic rings. The Bertz CT molecular complexity index is 1030. The van der Waals surface area contributed by atoms with Crippen molar-refractivity contribution >= 4 is 16.5 Å². The second-order valence-electron chi connectivity index (χ2n) is 7.16. The van der Waals surface area contributed by atoms with Crippen molar-refractivity contribution in [2.24, 2.45) is 0 Å². The highest BCUT2D eigenvalue weighted by atomic mass is 19.4. The minimum atomic E-state index is -4.75. The molecule has 0 aliphatic heterocycles. The van der Waals surface area contributed by atoms with Gasteiger partial charge in [0.1, 0.15) is 17.7 Å². The van der Waals surface area contributed by atoms with E-state index >= 15 is 0 Å². The Labute approximate surface area is 164 Å². The Kier molecular flexibility index (Phi) is 5.04. The predicted octanol–water partition coefficient (Wildman–Crippen LogP) is 4.67. The fourth-order valence-electron chi connectivity index (χ4n) is 3.50. The normalized spacial score (nSPS) is 19.2. The summed E-state index contributed by atoms with van der Waals surface area (Å²) in [6.45, 7) is 0.632. The molecule has 1 fully saturated rings. The lowest BCUT2D eigenvalue weighted by Gasteiger charge is -2.36. The van der Waals surface area contributed by atoms with Crippen molar-refractivity contribution in [3.63, 3.8) is 0 Å². The molecule has 1 saturated carbocycles. The van der Waals surface area contributed by atoms with Crippen LogP contribution in [0.5, 0.6) is 5.75 Å². The zero-order valence-corrected chi connectivity index (χ0v) is 15.3. The highest BCUT2D eigenvalue weighted by Crippen LogP contribution is 2.35. The van der Waals surface area contributed by atoms with Crippen LogP contribution in [0, 0.1) is 5.82 Å². The smallest absolute Gasteiger partial charge is 0.419 e. The van der Waals surface area contributed by atoms with Gasteiger partial charge in [-0.3, -0.25) is 4.98 Å². The van der Waals surface area contributed by atoms with Gasteiger partial charge in [-0.05, 0) is 54.1 Å². The van der Waals surface area contributed by atoms with Gasteiger partial charge in [0.05, 0.1) is 5.56 Å². The number of nitrogens with zero attached hydrogens (tertiary/aromatic N) is 1. The molecule has 1 aromatic heterocycles. The molecule has 0 spiro atoms. The lowest BCUT2D eigenvalue weighted by molar-refractivity contribution is -0.140. The van der Waals surface area contributed by atoms with E-state index in [4.69, 9.17) is 10.5 Å². The van der Waals surface area contributed by atoms with Crippen LogP contribution in [-0.4, -0.2) is 17.1 Å². The highest BCUT2D eigenvalue weighted by Gasteiger charge is 2.35. The highest BCUT2D eigenvalue weighted by molar-refractivity contribution is 5.94. The molecular formula is C21H19F4N3O. The summed E-state index contributed by atoms with van der Waals surface area (Å²) in [4.78, 5) is 4.10. The van der Waals surface area contributed by atoms with Crippen LogP contribution in [0.2, 0.25) is 0 Å². The van der Waals surface area contributed by atoms with Crippen molar-refractivity contribution in [1.82, 2.24) is 10.3 Å². The van der Waals surface area contributed by atoms with E-state index in [0.29, 0.717) is 31.1 Å². The number of aromatic nitrogens is 1. The van der Waals surface area contributed by atoms with Crippen molar-refractivity contribution in [1.29, 1.82) is 0 Å². The van der Waals surface area contributed by atoms with E-state index in [0.717, 1.165) is 22.4 Å². The number of hydrogen-bond donors (Lipinski definition) is 2. The maximum Gasteiger partial charge on any atom is 0.419 e. The number of alkyl halides is 3. The third-order valence-corrected chi connectivity index (χ3v) is 5.16. The van der Waals surface area contributed by atoms with Gasteiger partial charge in [-0.1, -0.05) is 6.07 Å². The molecule has 152 valence electrons. The lowest BCUT2D eigenvalue weighted by Crippen LogP contribution is -2.46. The van der Waals surface area contributed by atoms with Crippen LogP contribution in [0.3, 0.4) is 0 Å². The van der Waals surface area contributed by atoms with Gasteiger partial charge >= 0.3 is 6.18 Å². The average Bonchev–Trinajstić information content (AvgIpc) is 2.65. The molecule has 8 heteroatoms. The summed E-state index contributed by atoms with van der Waals surface area (Å²) in [5.41, 5.74) is 6.44. The van der Waals surface area contributed by atoms with E-state index in [1.807, 2.05) is 18.2 Å². The van der Waals surface area contributed by atoms with Crippen LogP contribution >= 0.6 is 0 Å². The zero-order valence-electron chi connectivity index (χ0n) is 15.3. The number of fused-ring (bicyclic) bond motifs is 1. The van der Waals surface area contributed by atoms with Crippen LogP contribution < -0.4 is 15.8 Å². The number of benzene rings is 2. The van der Waals surface area contributed by atoms with Crippen molar-refractivity contribution in [3.8, 4) is 5.75 Å². The first-order valence-corrected chi connectivity index (χ1v) is 9.19. The molecule has 29 heavy (non-hydrogen) atoms. The Morgan fingerprint density at radius 1 is 1.10 bits per heavy atom. The molecule has 4 nitrogen and oxygen atoms in total. The number of anilines is 1. The first-order chi connectivity index (χ1) is 13.8. The summed E-state index contributed by atoms with van der Waals surface area (Å²) in [7, 11) is 0. The second kappa shape index (κ2) is 7.51. The van der Waals surface area contributed by atoms with Crippen LogP contribution in [-0.2, 0) is 12.7 Å². The number of pyridine rings is 1. The Balaban J connectivity index is 1.33. The first-order valence-electron chi connectivity index (χ1n) is 9.19. The largest absolute Gasteiger partial charge is 0.490 e. The van der Waals surface area contributed by atoms with Gasteiger partial charge in [0.25, 0.3) is 0 Å². The monoisotopic (exact) mass is 405 g/mol. The molecule has 3 N–H and O–H groups in total. The van der Waals surface area contributed by atoms with E-state index in [-0.39, 0.29) is 17.9 Å². The number of hydrogen-bond acceptors (Lipinski definition) is 4. The molecule has 0 saturated heterocycles. The van der Waals surface area contributed by atoms with E-state index < -0.39 is 17.6 Å². The summed E-state index contributed by atoms with van der Waals surface area (Å²) >= 11 is 0. The van der Waals surface area contributed by atoms with Gasteiger partial charge in [0.15, 0.2) is 0 Å². The first kappa shape index (κ1) is 19.4. The molecule has 1 heterocycles. The minimum absolute atomic E-state index is 0.0270. The number of nitrogens with two attached hydrogens (primary N) is 1. The van der Waals surface area contributed by atoms with Crippen molar-refractivity contribution < 1.29 is 22.3 Å². The third-order valence-electron chi connectivity index (χ3n) is 5.16. The molecule has 1 aliphatic carbocycles. The summed E-state index contributed by atoms with van der Waals surface area (Å²) in [5.74, 6) is -1.27. The molecule has 0 atom stereocenters. The Hall–Kier alpha value is -2.87. The van der Waals surface area contributed by atoms with Crippen LogP contribution in [0.25, 0.3) is 10.8 Å². The third kappa shape index (κ3) is 4.12. The topological polar surface area (TPSA) is 60.2 Å². The van der Waals surface area contributed by atoms with E-state index in [2.05, 4.69) is 10.3 Å². The van der Waals surface area contributed by atoms with Gasteiger partial charge in [0, 0.05) is 36.1 Å². The van der Waals surface area contributed by atoms with Crippen LogP contribution in [0.4, 0.5) is 23.2 Å². The van der Waals surface area contributed by atoms with Gasteiger partial charge in [-0.2, -0.15) is 13.2 Å². The summed E-state index contributed by atoms with van der Waals surface area (Å²) in [5, 5.41) is 5.36. The Morgan fingerprint density at radius 3 is 2.66 bits per heavy atom. The molecule has 2 aromatic carbocycles. The number of halogens is 4. The van der Waals surface area contributed by atoms with Gasteiger partial charge in [0.2, 0.25) is 0 Å². The number of nitrogen functional groups attached to an aromatic ring is 1. The fraction of sp³-hybridized carbons (Fsp3) is 0.286. The molecule has 0 radical (unpaired) electrons. The van der Waals surface area contributed by atoms with Crippen LogP contribution in [0.1, 0.15) is 24.0 Å². The van der Waals surface area contributed by atoms with Gasteiger partial charge in [-0.25, -0.2) is 4.39 Å². The molecule has 0 amide bonds. The average molecular weight is 405 g/mol. The van der Waals surface area contributed by atoms with E-state index in [1.54, 1.807) is 12.4 Å². The molecule has 0 unspecified atom stereocenters. The Morgan fingerprint density at radius 2 is 1.90 bits per heavy atom. The van der Waals surface area contributed by atoms with Crippen molar-refractivity contribution in [2.45, 2.75) is 37.7 Å². The maximum atomic E-state index is 13.4. The maximum absolute atomic E-state index is 13.4. The summed E-state index contributed by atoms with van der Waals surface area (Å²) in [6.07, 6.45) is -0.174. The number of ether oxygens (including phenoxy) is 1. The van der Waals surface area contributed by atoms with Crippen LogP contribution in [0.15, 0.2) is 48.8 Å².